The fraction of sp³-hybridized carbons (Fsp3) is 0.571. The molecule has 1 aliphatic heterocycles. The Morgan fingerprint density at radius 3 is 3.00 bits per heavy atom. The highest BCUT2D eigenvalue weighted by molar-refractivity contribution is 14.1. The first-order valence-corrected chi connectivity index (χ1v) is 7.41. The zero-order chi connectivity index (χ0) is 12.3. The maximum absolute atomic E-state index is 5.70. The molecule has 0 aliphatic carbocycles. The van der Waals surface area contributed by atoms with Crippen LogP contribution in [0.25, 0.3) is 0 Å². The molecule has 0 amide bonds. The fourth-order valence-corrected chi connectivity index (χ4v) is 2.95. The molecular formula is C14H20INO. The molecule has 0 bridgehead atoms. The standard InChI is InChI=1S/C14H20INO/c1-3-13-9-12(6-7-17-13)16-14-5-4-11(15)8-10(14)2/h4-5,8,12-13,16H,3,6-7,9H2,1-2H3. The number of anilines is 1. The highest BCUT2D eigenvalue weighted by Gasteiger charge is 2.21. The number of rotatable bonds is 3. The monoisotopic (exact) mass is 345 g/mol. The van der Waals surface area contributed by atoms with E-state index in [1.54, 1.807) is 0 Å². The first-order valence-electron chi connectivity index (χ1n) is 6.33. The Morgan fingerprint density at radius 2 is 2.29 bits per heavy atom. The Labute approximate surface area is 117 Å². The van der Waals surface area contributed by atoms with Gasteiger partial charge >= 0.3 is 0 Å². The van der Waals surface area contributed by atoms with Gasteiger partial charge in [-0.05, 0) is 72.5 Å². The molecule has 1 fully saturated rings. The summed E-state index contributed by atoms with van der Waals surface area (Å²) in [7, 11) is 0. The van der Waals surface area contributed by atoms with Gasteiger partial charge in [-0.15, -0.1) is 0 Å². The Kier molecular flexibility index (Phi) is 4.68. The van der Waals surface area contributed by atoms with Gasteiger partial charge in [0, 0.05) is 21.9 Å². The van der Waals surface area contributed by atoms with Crippen LogP contribution in [0.5, 0.6) is 0 Å². The van der Waals surface area contributed by atoms with Crippen LogP contribution in [-0.4, -0.2) is 18.8 Å². The molecule has 1 aromatic rings. The zero-order valence-corrected chi connectivity index (χ0v) is 12.7. The number of hydrogen-bond acceptors (Lipinski definition) is 2. The first kappa shape index (κ1) is 13.1. The molecule has 3 heteroatoms. The maximum atomic E-state index is 5.70. The Hall–Kier alpha value is -0.290. The molecule has 1 N–H and O–H groups in total. The fourth-order valence-electron chi connectivity index (χ4n) is 2.30. The van der Waals surface area contributed by atoms with Crippen molar-refractivity contribution in [3.05, 3.63) is 27.3 Å². The summed E-state index contributed by atoms with van der Waals surface area (Å²) in [6.45, 7) is 5.25. The molecule has 17 heavy (non-hydrogen) atoms. The van der Waals surface area contributed by atoms with Gasteiger partial charge in [0.15, 0.2) is 0 Å². The van der Waals surface area contributed by atoms with Crippen LogP contribution < -0.4 is 5.32 Å². The van der Waals surface area contributed by atoms with E-state index < -0.39 is 0 Å². The van der Waals surface area contributed by atoms with Gasteiger partial charge in [0.25, 0.3) is 0 Å². The van der Waals surface area contributed by atoms with Gasteiger partial charge in [0.05, 0.1) is 6.10 Å². The molecule has 94 valence electrons. The number of hydrogen-bond donors (Lipinski definition) is 1. The lowest BCUT2D eigenvalue weighted by Gasteiger charge is -2.30. The predicted molar refractivity (Wildman–Crippen MR) is 80.6 cm³/mol. The molecule has 2 nitrogen and oxygen atoms in total. The summed E-state index contributed by atoms with van der Waals surface area (Å²) < 4.78 is 7.00. The van der Waals surface area contributed by atoms with Crippen LogP contribution >= 0.6 is 22.6 Å². The Morgan fingerprint density at radius 1 is 1.47 bits per heavy atom. The summed E-state index contributed by atoms with van der Waals surface area (Å²) in [6.07, 6.45) is 3.79. The average molecular weight is 345 g/mol. The molecule has 1 aliphatic rings. The van der Waals surface area contributed by atoms with Crippen molar-refractivity contribution in [2.24, 2.45) is 0 Å². The van der Waals surface area contributed by atoms with Crippen LogP contribution in [-0.2, 0) is 4.74 Å². The third-order valence-corrected chi connectivity index (χ3v) is 4.04. The number of ether oxygens (including phenoxy) is 1. The molecule has 0 saturated carbocycles. The van der Waals surface area contributed by atoms with E-state index in [0.29, 0.717) is 12.1 Å². The van der Waals surface area contributed by atoms with Crippen molar-refractivity contribution in [3.8, 4) is 0 Å². The molecule has 1 heterocycles. The quantitative estimate of drug-likeness (QED) is 0.837. The lowest BCUT2D eigenvalue weighted by Crippen LogP contribution is -2.33. The summed E-state index contributed by atoms with van der Waals surface area (Å²) in [5, 5.41) is 3.66. The van der Waals surface area contributed by atoms with Crippen LogP contribution in [0.2, 0.25) is 0 Å². The van der Waals surface area contributed by atoms with Crippen LogP contribution in [0.3, 0.4) is 0 Å². The molecule has 1 aromatic carbocycles. The molecule has 0 radical (unpaired) electrons. The molecule has 2 rings (SSSR count). The summed E-state index contributed by atoms with van der Waals surface area (Å²) in [5.74, 6) is 0. The van der Waals surface area contributed by atoms with E-state index in [2.05, 4.69) is 60.0 Å². The number of aryl methyl sites for hydroxylation is 1. The highest BCUT2D eigenvalue weighted by Crippen LogP contribution is 2.23. The van der Waals surface area contributed by atoms with Crippen LogP contribution in [0.1, 0.15) is 31.7 Å². The van der Waals surface area contributed by atoms with E-state index in [4.69, 9.17) is 4.74 Å². The SMILES string of the molecule is CCC1CC(Nc2ccc(I)cc2C)CCO1. The minimum atomic E-state index is 0.436. The minimum Gasteiger partial charge on any atom is -0.382 e. The van der Waals surface area contributed by atoms with Crippen molar-refractivity contribution in [3.63, 3.8) is 0 Å². The molecule has 0 aromatic heterocycles. The Balaban J connectivity index is 2.00. The number of benzene rings is 1. The van der Waals surface area contributed by atoms with Crippen molar-refractivity contribution in [1.29, 1.82) is 0 Å². The highest BCUT2D eigenvalue weighted by atomic mass is 127. The van der Waals surface area contributed by atoms with E-state index in [1.807, 2.05) is 0 Å². The molecule has 2 atom stereocenters. The van der Waals surface area contributed by atoms with Gasteiger partial charge < -0.3 is 10.1 Å². The van der Waals surface area contributed by atoms with Crippen molar-refractivity contribution in [1.82, 2.24) is 0 Å². The largest absolute Gasteiger partial charge is 0.382 e. The number of nitrogens with one attached hydrogen (secondary N) is 1. The van der Waals surface area contributed by atoms with E-state index in [0.717, 1.165) is 25.9 Å². The minimum absolute atomic E-state index is 0.436. The van der Waals surface area contributed by atoms with Crippen molar-refractivity contribution >= 4 is 28.3 Å². The third kappa shape index (κ3) is 3.58. The summed E-state index contributed by atoms with van der Waals surface area (Å²) in [4.78, 5) is 0. The van der Waals surface area contributed by atoms with E-state index >= 15 is 0 Å². The Bertz CT molecular complexity index is 380. The van der Waals surface area contributed by atoms with Gasteiger partial charge in [0.2, 0.25) is 0 Å². The van der Waals surface area contributed by atoms with Crippen LogP contribution in [0.4, 0.5) is 5.69 Å². The summed E-state index contributed by atoms with van der Waals surface area (Å²) in [6, 6.07) is 7.13. The second kappa shape index (κ2) is 6.05. The first-order chi connectivity index (χ1) is 8.19. The maximum Gasteiger partial charge on any atom is 0.0592 e. The second-order valence-electron chi connectivity index (χ2n) is 4.73. The van der Waals surface area contributed by atoms with Gasteiger partial charge in [-0.25, -0.2) is 0 Å². The molecular weight excluding hydrogens is 325 g/mol. The summed E-state index contributed by atoms with van der Waals surface area (Å²) in [5.41, 5.74) is 2.60. The van der Waals surface area contributed by atoms with E-state index in [-0.39, 0.29) is 0 Å². The number of halogens is 1. The van der Waals surface area contributed by atoms with Gasteiger partial charge in [-0.2, -0.15) is 0 Å². The van der Waals surface area contributed by atoms with Crippen molar-refractivity contribution < 1.29 is 4.74 Å². The molecule has 2 unspecified atom stereocenters. The predicted octanol–water partition coefficient (Wildman–Crippen LogP) is 3.97. The topological polar surface area (TPSA) is 21.3 Å². The smallest absolute Gasteiger partial charge is 0.0592 e. The van der Waals surface area contributed by atoms with Gasteiger partial charge in [0.1, 0.15) is 0 Å². The van der Waals surface area contributed by atoms with E-state index in [9.17, 15) is 0 Å². The normalized spacial score (nSPS) is 24.6. The summed E-state index contributed by atoms with van der Waals surface area (Å²) >= 11 is 2.35. The van der Waals surface area contributed by atoms with Crippen LogP contribution in [0.15, 0.2) is 18.2 Å². The second-order valence-corrected chi connectivity index (χ2v) is 5.97. The van der Waals surface area contributed by atoms with Crippen molar-refractivity contribution in [2.75, 3.05) is 11.9 Å². The van der Waals surface area contributed by atoms with Gasteiger partial charge in [-0.1, -0.05) is 6.92 Å². The van der Waals surface area contributed by atoms with E-state index in [1.165, 1.54) is 14.8 Å². The molecule has 1 saturated heterocycles. The molecule has 0 spiro atoms. The average Bonchev–Trinajstić information content (AvgIpc) is 2.33. The lowest BCUT2D eigenvalue weighted by molar-refractivity contribution is 0.00925. The van der Waals surface area contributed by atoms with Crippen molar-refractivity contribution in [2.45, 2.75) is 45.3 Å². The lowest BCUT2D eigenvalue weighted by atomic mass is 10.0. The van der Waals surface area contributed by atoms with Gasteiger partial charge in [-0.3, -0.25) is 0 Å². The zero-order valence-electron chi connectivity index (χ0n) is 10.5. The van der Waals surface area contributed by atoms with Crippen LogP contribution in [0, 0.1) is 10.5 Å². The third-order valence-electron chi connectivity index (χ3n) is 3.37.